The first-order valence-electron chi connectivity index (χ1n) is 5.83. The molecule has 0 unspecified atom stereocenters. The van der Waals surface area contributed by atoms with Crippen molar-refractivity contribution < 1.29 is 0 Å². The first-order chi connectivity index (χ1) is 8.08. The van der Waals surface area contributed by atoms with Gasteiger partial charge >= 0.3 is 0 Å². The Morgan fingerprint density at radius 3 is 2.59 bits per heavy atom. The Labute approximate surface area is 106 Å². The normalized spacial score (nSPS) is 11.4. The maximum absolute atomic E-state index is 4.58. The number of hydrogen-bond acceptors (Lipinski definition) is 4. The fraction of sp³-hybridized carbons (Fsp3) is 0.500. The van der Waals surface area contributed by atoms with Crippen LogP contribution in [0.25, 0.3) is 0 Å². The Morgan fingerprint density at radius 1 is 1.29 bits per heavy atom. The molecule has 2 aromatic heterocycles. The van der Waals surface area contributed by atoms with Gasteiger partial charge < -0.3 is 5.32 Å². The lowest BCUT2D eigenvalue weighted by molar-refractivity contribution is 0.533. The fourth-order valence-corrected chi connectivity index (χ4v) is 2.10. The lowest BCUT2D eigenvalue weighted by Crippen LogP contribution is -2.01. The van der Waals surface area contributed by atoms with E-state index in [4.69, 9.17) is 0 Å². The molecule has 0 fully saturated rings. The van der Waals surface area contributed by atoms with Gasteiger partial charge in [-0.25, -0.2) is 4.98 Å². The van der Waals surface area contributed by atoms with Gasteiger partial charge in [-0.1, -0.05) is 13.8 Å². The molecule has 2 heterocycles. The molecule has 2 aromatic rings. The summed E-state index contributed by atoms with van der Waals surface area (Å²) in [7, 11) is 0. The molecular weight excluding hydrogens is 232 g/mol. The van der Waals surface area contributed by atoms with E-state index in [1.165, 1.54) is 5.56 Å². The molecule has 0 radical (unpaired) electrons. The van der Waals surface area contributed by atoms with Crippen LogP contribution in [-0.4, -0.2) is 14.8 Å². The van der Waals surface area contributed by atoms with E-state index in [-0.39, 0.29) is 0 Å². The van der Waals surface area contributed by atoms with Crippen molar-refractivity contribution in [2.45, 2.75) is 39.7 Å². The quantitative estimate of drug-likeness (QED) is 0.897. The van der Waals surface area contributed by atoms with Crippen molar-refractivity contribution >= 4 is 22.3 Å². The van der Waals surface area contributed by atoms with Crippen LogP contribution in [0.4, 0.5) is 10.9 Å². The van der Waals surface area contributed by atoms with Crippen molar-refractivity contribution in [3.63, 3.8) is 0 Å². The van der Waals surface area contributed by atoms with E-state index in [1.54, 1.807) is 17.5 Å². The van der Waals surface area contributed by atoms with Crippen LogP contribution in [0, 0.1) is 0 Å². The summed E-state index contributed by atoms with van der Waals surface area (Å²) in [6, 6.07) is 0.374. The highest BCUT2D eigenvalue weighted by atomic mass is 32.1. The largest absolute Gasteiger partial charge is 0.314 e. The topological polar surface area (TPSA) is 42.7 Å². The van der Waals surface area contributed by atoms with Crippen LogP contribution in [0.5, 0.6) is 0 Å². The summed E-state index contributed by atoms with van der Waals surface area (Å²) in [4.78, 5) is 4.22. The number of aromatic nitrogens is 3. The zero-order valence-corrected chi connectivity index (χ0v) is 11.5. The SMILES string of the molecule is CC(C)c1cn(C(C)C)nc1Nc1nccs1. The van der Waals surface area contributed by atoms with Gasteiger partial charge in [0.15, 0.2) is 10.9 Å². The molecule has 0 aliphatic rings. The van der Waals surface area contributed by atoms with E-state index in [9.17, 15) is 0 Å². The van der Waals surface area contributed by atoms with Crippen LogP contribution in [0.15, 0.2) is 17.8 Å². The first kappa shape index (κ1) is 12.1. The minimum atomic E-state index is 0.374. The first-order valence-corrected chi connectivity index (χ1v) is 6.71. The lowest BCUT2D eigenvalue weighted by Gasteiger charge is -2.04. The number of hydrogen-bond donors (Lipinski definition) is 1. The molecule has 5 heteroatoms. The van der Waals surface area contributed by atoms with Crippen LogP contribution in [0.3, 0.4) is 0 Å². The summed E-state index contributed by atoms with van der Waals surface area (Å²) in [6.07, 6.45) is 3.91. The molecule has 0 amide bonds. The average molecular weight is 250 g/mol. The van der Waals surface area contributed by atoms with Gasteiger partial charge in [-0.2, -0.15) is 5.10 Å². The van der Waals surface area contributed by atoms with E-state index < -0.39 is 0 Å². The molecule has 0 saturated heterocycles. The van der Waals surface area contributed by atoms with Gasteiger partial charge in [0.05, 0.1) is 0 Å². The van der Waals surface area contributed by atoms with Crippen LogP contribution < -0.4 is 5.32 Å². The summed E-state index contributed by atoms with van der Waals surface area (Å²) in [5, 5.41) is 10.7. The van der Waals surface area contributed by atoms with Gasteiger partial charge in [-0.05, 0) is 19.8 Å². The second-order valence-electron chi connectivity index (χ2n) is 4.62. The predicted octanol–water partition coefficient (Wildman–Crippen LogP) is 3.79. The Balaban J connectivity index is 2.31. The lowest BCUT2D eigenvalue weighted by atomic mass is 10.1. The van der Waals surface area contributed by atoms with E-state index in [0.29, 0.717) is 12.0 Å². The number of anilines is 2. The van der Waals surface area contributed by atoms with Crippen molar-refractivity contribution in [1.82, 2.24) is 14.8 Å². The zero-order valence-electron chi connectivity index (χ0n) is 10.6. The van der Waals surface area contributed by atoms with Crippen molar-refractivity contribution in [3.8, 4) is 0 Å². The van der Waals surface area contributed by atoms with Crippen LogP contribution in [0.1, 0.15) is 45.2 Å². The predicted molar refractivity (Wildman–Crippen MR) is 72.1 cm³/mol. The summed E-state index contributed by atoms with van der Waals surface area (Å²) >= 11 is 1.58. The molecule has 0 aliphatic heterocycles. The fourth-order valence-electron chi connectivity index (χ4n) is 1.58. The van der Waals surface area contributed by atoms with Gasteiger partial charge in [0.2, 0.25) is 0 Å². The second kappa shape index (κ2) is 4.87. The third-order valence-corrected chi connectivity index (χ3v) is 3.26. The van der Waals surface area contributed by atoms with Crippen molar-refractivity contribution in [3.05, 3.63) is 23.3 Å². The van der Waals surface area contributed by atoms with Crippen LogP contribution in [-0.2, 0) is 0 Å². The number of nitrogens with one attached hydrogen (secondary N) is 1. The minimum Gasteiger partial charge on any atom is -0.314 e. The summed E-state index contributed by atoms with van der Waals surface area (Å²) < 4.78 is 1.99. The molecule has 0 aromatic carbocycles. The minimum absolute atomic E-state index is 0.374. The molecule has 17 heavy (non-hydrogen) atoms. The van der Waals surface area contributed by atoms with Crippen LogP contribution >= 0.6 is 11.3 Å². The van der Waals surface area contributed by atoms with E-state index in [1.807, 2.05) is 10.1 Å². The smallest absolute Gasteiger partial charge is 0.188 e. The maximum Gasteiger partial charge on any atom is 0.188 e. The number of rotatable bonds is 4. The Hall–Kier alpha value is -1.36. The molecule has 0 spiro atoms. The van der Waals surface area contributed by atoms with Crippen LogP contribution in [0.2, 0.25) is 0 Å². The molecule has 4 nitrogen and oxygen atoms in total. The Kier molecular flexibility index (Phi) is 3.47. The number of thiazole rings is 1. The highest BCUT2D eigenvalue weighted by molar-refractivity contribution is 7.13. The summed E-state index contributed by atoms with van der Waals surface area (Å²) in [5.41, 5.74) is 1.23. The molecule has 2 rings (SSSR count). The zero-order chi connectivity index (χ0) is 12.4. The molecule has 92 valence electrons. The Morgan fingerprint density at radius 2 is 2.06 bits per heavy atom. The van der Waals surface area contributed by atoms with E-state index in [2.05, 4.69) is 49.3 Å². The third-order valence-electron chi connectivity index (χ3n) is 2.57. The van der Waals surface area contributed by atoms with Gasteiger partial charge in [0.1, 0.15) is 0 Å². The third kappa shape index (κ3) is 2.66. The maximum atomic E-state index is 4.58. The molecule has 0 atom stereocenters. The molecular formula is C12H18N4S. The van der Waals surface area contributed by atoms with Gasteiger partial charge in [0, 0.05) is 29.4 Å². The number of nitrogens with zero attached hydrogens (tertiary/aromatic N) is 3. The molecule has 0 bridgehead atoms. The van der Waals surface area contributed by atoms with Gasteiger partial charge in [0.25, 0.3) is 0 Å². The summed E-state index contributed by atoms with van der Waals surface area (Å²) in [5.74, 6) is 1.37. The standard InChI is InChI=1S/C12H18N4S/c1-8(2)10-7-16(9(3)4)15-11(10)14-12-13-5-6-17-12/h5-9H,1-4H3,(H,13,14,15). The average Bonchev–Trinajstić information content (AvgIpc) is 2.87. The van der Waals surface area contributed by atoms with Gasteiger partial charge in [-0.15, -0.1) is 11.3 Å². The monoisotopic (exact) mass is 250 g/mol. The van der Waals surface area contributed by atoms with Crippen molar-refractivity contribution in [2.24, 2.45) is 0 Å². The van der Waals surface area contributed by atoms with Crippen molar-refractivity contribution in [1.29, 1.82) is 0 Å². The van der Waals surface area contributed by atoms with Gasteiger partial charge in [-0.3, -0.25) is 4.68 Å². The molecule has 1 N–H and O–H groups in total. The van der Waals surface area contributed by atoms with E-state index in [0.717, 1.165) is 10.9 Å². The highest BCUT2D eigenvalue weighted by Crippen LogP contribution is 2.27. The molecule has 0 aliphatic carbocycles. The summed E-state index contributed by atoms with van der Waals surface area (Å²) in [6.45, 7) is 8.61. The van der Waals surface area contributed by atoms with E-state index >= 15 is 0 Å². The van der Waals surface area contributed by atoms with Crippen molar-refractivity contribution in [2.75, 3.05) is 5.32 Å². The molecule has 0 saturated carbocycles. The second-order valence-corrected chi connectivity index (χ2v) is 5.52. The highest BCUT2D eigenvalue weighted by Gasteiger charge is 2.14. The Bertz CT molecular complexity index is 471.